The summed E-state index contributed by atoms with van der Waals surface area (Å²) in [5.41, 5.74) is -0.752. The van der Waals surface area contributed by atoms with E-state index >= 15 is 0 Å². The van der Waals surface area contributed by atoms with E-state index in [1.54, 1.807) is 24.3 Å². The second-order valence-electron chi connectivity index (χ2n) is 5.62. The highest BCUT2D eigenvalue weighted by atomic mass is 32.2. The third-order valence-electron chi connectivity index (χ3n) is 3.66. The number of nitrogens with one attached hydrogen (secondary N) is 2. The molecule has 7 nitrogen and oxygen atoms in total. The molecule has 0 aliphatic rings. The predicted octanol–water partition coefficient (Wildman–Crippen LogP) is 3.27. The molecular weight excluding hydrogens is 387 g/mol. The minimum atomic E-state index is -4.68. The Hall–Kier alpha value is -2.66. The second-order valence-corrected chi connectivity index (χ2v) is 7.55. The highest BCUT2D eigenvalue weighted by Gasteiger charge is 2.33. The van der Waals surface area contributed by atoms with E-state index < -0.39 is 32.4 Å². The van der Waals surface area contributed by atoms with Gasteiger partial charge in [0, 0.05) is 12.6 Å². The lowest BCUT2D eigenvalue weighted by atomic mass is 10.1. The fourth-order valence-electron chi connectivity index (χ4n) is 2.33. The van der Waals surface area contributed by atoms with Gasteiger partial charge < -0.3 is 5.32 Å². The van der Waals surface area contributed by atoms with Crippen LogP contribution in [0.1, 0.15) is 16.7 Å². The van der Waals surface area contributed by atoms with Crippen LogP contribution in [0.25, 0.3) is 0 Å². The van der Waals surface area contributed by atoms with Gasteiger partial charge in [-0.2, -0.15) is 13.2 Å². The molecule has 27 heavy (non-hydrogen) atoms. The molecule has 0 atom stereocenters. The molecule has 0 amide bonds. The van der Waals surface area contributed by atoms with Crippen LogP contribution in [0.4, 0.5) is 24.5 Å². The third kappa shape index (κ3) is 5.66. The zero-order valence-electron chi connectivity index (χ0n) is 14.1. The smallest absolute Gasteiger partial charge is 0.375 e. The monoisotopic (exact) mass is 403 g/mol. The van der Waals surface area contributed by atoms with Crippen LogP contribution in [0.15, 0.2) is 42.5 Å². The molecule has 0 heterocycles. The first-order chi connectivity index (χ1) is 12.5. The van der Waals surface area contributed by atoms with Crippen molar-refractivity contribution in [1.29, 1.82) is 0 Å². The van der Waals surface area contributed by atoms with Crippen molar-refractivity contribution in [3.05, 3.63) is 69.3 Å². The Balaban J connectivity index is 2.20. The molecule has 0 aromatic heterocycles. The Morgan fingerprint density at radius 1 is 1.11 bits per heavy atom. The van der Waals surface area contributed by atoms with Gasteiger partial charge in [0.2, 0.25) is 10.0 Å². The summed E-state index contributed by atoms with van der Waals surface area (Å²) in [6, 6.07) is 8.72. The first-order valence-electron chi connectivity index (χ1n) is 7.60. The Morgan fingerprint density at radius 3 is 2.37 bits per heavy atom. The van der Waals surface area contributed by atoms with Crippen molar-refractivity contribution in [2.45, 2.75) is 18.5 Å². The highest BCUT2D eigenvalue weighted by molar-refractivity contribution is 7.88. The summed E-state index contributed by atoms with van der Waals surface area (Å²) in [5.74, 6) is -0.238. The van der Waals surface area contributed by atoms with Gasteiger partial charge in [-0.1, -0.05) is 24.3 Å². The van der Waals surface area contributed by atoms with Gasteiger partial charge >= 0.3 is 6.18 Å². The van der Waals surface area contributed by atoms with E-state index in [0.29, 0.717) is 17.2 Å². The Morgan fingerprint density at radius 2 is 1.78 bits per heavy atom. The summed E-state index contributed by atoms with van der Waals surface area (Å²) in [5, 5.41) is 13.8. The first-order valence-corrected chi connectivity index (χ1v) is 9.25. The standard InChI is InChI=1S/C16H16F3N3O4S/c1-20-27(25,26)10-12-4-2-3-11(7-12)9-21-14-6-5-13(16(17,18)19)8-15(14)22(23)24/h2-8,20-21H,9-10H2,1H3. The van der Waals surface area contributed by atoms with Crippen LogP contribution >= 0.6 is 0 Å². The quantitative estimate of drug-likeness (QED) is 0.546. The first kappa shape index (κ1) is 20.6. The summed E-state index contributed by atoms with van der Waals surface area (Å²) in [6.45, 7) is 0.0691. The number of nitrogens with zero attached hydrogens (tertiary/aromatic N) is 1. The van der Waals surface area contributed by atoms with Crippen molar-refractivity contribution in [3.8, 4) is 0 Å². The molecule has 0 aliphatic carbocycles. The SMILES string of the molecule is CNS(=O)(=O)Cc1cccc(CNc2ccc(C(F)(F)F)cc2[N+](=O)[O-])c1. The maximum absolute atomic E-state index is 12.7. The molecule has 2 aromatic rings. The number of anilines is 1. The molecule has 0 saturated carbocycles. The van der Waals surface area contributed by atoms with Gasteiger partial charge in [-0.3, -0.25) is 10.1 Å². The lowest BCUT2D eigenvalue weighted by Gasteiger charge is -2.11. The maximum Gasteiger partial charge on any atom is 0.416 e. The number of rotatable bonds is 7. The Bertz CT molecular complexity index is 946. The normalized spacial score (nSPS) is 12.0. The molecule has 0 unspecified atom stereocenters. The number of alkyl halides is 3. The molecule has 2 N–H and O–H groups in total. The van der Waals surface area contributed by atoms with Crippen LogP contribution in [0.2, 0.25) is 0 Å². The van der Waals surface area contributed by atoms with Crippen molar-refractivity contribution in [1.82, 2.24) is 4.72 Å². The van der Waals surface area contributed by atoms with Crippen LogP contribution in [0.3, 0.4) is 0 Å². The summed E-state index contributed by atoms with van der Waals surface area (Å²) in [6.07, 6.45) is -4.68. The summed E-state index contributed by atoms with van der Waals surface area (Å²) in [4.78, 5) is 10.2. The molecule has 0 spiro atoms. The van der Waals surface area contributed by atoms with Gasteiger partial charge in [0.15, 0.2) is 0 Å². The van der Waals surface area contributed by atoms with Gasteiger partial charge in [0.1, 0.15) is 5.69 Å². The summed E-state index contributed by atoms with van der Waals surface area (Å²) in [7, 11) is -2.16. The van der Waals surface area contributed by atoms with Crippen LogP contribution in [0.5, 0.6) is 0 Å². The summed E-state index contributed by atoms with van der Waals surface area (Å²) >= 11 is 0. The van der Waals surface area contributed by atoms with Crippen molar-refractivity contribution < 1.29 is 26.5 Å². The molecule has 146 valence electrons. The van der Waals surface area contributed by atoms with Crippen LogP contribution in [-0.2, 0) is 28.5 Å². The van der Waals surface area contributed by atoms with Crippen molar-refractivity contribution >= 4 is 21.4 Å². The fourth-order valence-corrected chi connectivity index (χ4v) is 3.09. The van der Waals surface area contributed by atoms with E-state index in [9.17, 15) is 31.7 Å². The van der Waals surface area contributed by atoms with Crippen LogP contribution in [0, 0.1) is 10.1 Å². The topological polar surface area (TPSA) is 101 Å². The molecule has 0 radical (unpaired) electrons. The number of halogens is 3. The minimum Gasteiger partial charge on any atom is -0.375 e. The molecule has 0 bridgehead atoms. The van der Waals surface area contributed by atoms with Crippen molar-refractivity contribution in [2.24, 2.45) is 0 Å². The van der Waals surface area contributed by atoms with E-state index in [1.165, 1.54) is 7.05 Å². The van der Waals surface area contributed by atoms with E-state index in [-0.39, 0.29) is 18.0 Å². The number of nitro groups is 1. The molecule has 0 fully saturated rings. The van der Waals surface area contributed by atoms with Gasteiger partial charge in [0.05, 0.1) is 16.2 Å². The highest BCUT2D eigenvalue weighted by Crippen LogP contribution is 2.35. The van der Waals surface area contributed by atoms with Gasteiger partial charge in [-0.05, 0) is 30.3 Å². The summed E-state index contributed by atoms with van der Waals surface area (Å²) < 4.78 is 63.6. The molecule has 0 saturated heterocycles. The minimum absolute atomic E-state index is 0.0683. The van der Waals surface area contributed by atoms with Gasteiger partial charge in [-0.25, -0.2) is 13.1 Å². The molecule has 2 aromatic carbocycles. The number of hydrogen-bond acceptors (Lipinski definition) is 5. The lowest BCUT2D eigenvalue weighted by molar-refractivity contribution is -0.384. The fraction of sp³-hybridized carbons (Fsp3) is 0.250. The Kier molecular flexibility index (Phi) is 6.06. The van der Waals surface area contributed by atoms with E-state index in [2.05, 4.69) is 10.0 Å². The largest absolute Gasteiger partial charge is 0.416 e. The number of nitro benzene ring substituents is 1. The third-order valence-corrected chi connectivity index (χ3v) is 5.00. The zero-order valence-corrected chi connectivity index (χ0v) is 14.9. The molecular formula is C16H16F3N3O4S. The van der Waals surface area contributed by atoms with Crippen LogP contribution < -0.4 is 10.0 Å². The number of hydrogen-bond donors (Lipinski definition) is 2. The second kappa shape index (κ2) is 7.92. The predicted molar refractivity (Wildman–Crippen MR) is 93.6 cm³/mol. The van der Waals surface area contributed by atoms with E-state index in [0.717, 1.165) is 12.1 Å². The maximum atomic E-state index is 12.7. The molecule has 2 rings (SSSR count). The average molecular weight is 403 g/mol. The van der Waals surface area contributed by atoms with Crippen molar-refractivity contribution in [3.63, 3.8) is 0 Å². The zero-order chi connectivity index (χ0) is 20.2. The number of sulfonamides is 1. The Labute approximate surface area is 153 Å². The van der Waals surface area contributed by atoms with Gasteiger partial charge in [0.25, 0.3) is 5.69 Å². The van der Waals surface area contributed by atoms with Crippen molar-refractivity contribution in [2.75, 3.05) is 12.4 Å². The van der Waals surface area contributed by atoms with Gasteiger partial charge in [-0.15, -0.1) is 0 Å². The molecule has 0 aliphatic heterocycles. The number of benzene rings is 2. The molecule has 11 heteroatoms. The van der Waals surface area contributed by atoms with E-state index in [4.69, 9.17) is 0 Å². The average Bonchev–Trinajstić information content (AvgIpc) is 2.59. The lowest BCUT2D eigenvalue weighted by Crippen LogP contribution is -2.20. The van der Waals surface area contributed by atoms with E-state index in [1.807, 2.05) is 0 Å². The van der Waals surface area contributed by atoms with Crippen LogP contribution in [-0.4, -0.2) is 20.4 Å².